The molecule has 0 amide bonds. The number of anilines is 1. The Morgan fingerprint density at radius 1 is 1.10 bits per heavy atom. The molecule has 3 rings (SSSR count). The molecule has 0 aliphatic carbocycles. The number of aromatic nitrogens is 3. The second-order valence-corrected chi connectivity index (χ2v) is 7.65. The van der Waals surface area contributed by atoms with Gasteiger partial charge in [-0.2, -0.15) is 5.10 Å². The zero-order valence-electron chi connectivity index (χ0n) is 19.5. The summed E-state index contributed by atoms with van der Waals surface area (Å²) in [6.45, 7) is 16.6. The van der Waals surface area contributed by atoms with Crippen molar-refractivity contribution in [3.63, 3.8) is 0 Å². The van der Waals surface area contributed by atoms with Gasteiger partial charge in [-0.3, -0.25) is 0 Å². The number of nitrogens with zero attached hydrogens (tertiary/aromatic N) is 4. The highest BCUT2D eigenvalue weighted by atomic mass is 16.5. The Balaban J connectivity index is 2.04. The molecule has 6 nitrogen and oxygen atoms in total. The SMILES string of the molecule is C=C/C(=C\N(C)CC)CNc1nnc(C)c2c(C)n(-c3ccc(OCC)cc3)c(C)c12. The zero-order chi connectivity index (χ0) is 22.5. The predicted octanol–water partition coefficient (Wildman–Crippen LogP) is 5.18. The Bertz CT molecular complexity index is 1100. The highest BCUT2D eigenvalue weighted by Crippen LogP contribution is 2.34. The molecule has 0 atom stereocenters. The van der Waals surface area contributed by atoms with Crippen LogP contribution in [0.2, 0.25) is 0 Å². The van der Waals surface area contributed by atoms with E-state index < -0.39 is 0 Å². The van der Waals surface area contributed by atoms with E-state index in [0.29, 0.717) is 13.2 Å². The number of fused-ring (bicyclic) bond motifs is 1. The van der Waals surface area contributed by atoms with Crippen LogP contribution >= 0.6 is 0 Å². The molecular weight excluding hydrogens is 386 g/mol. The molecule has 6 heteroatoms. The van der Waals surface area contributed by atoms with Crippen molar-refractivity contribution in [3.05, 3.63) is 65.8 Å². The largest absolute Gasteiger partial charge is 0.494 e. The third kappa shape index (κ3) is 4.58. The fraction of sp³-hybridized carbons (Fsp3) is 0.360. The van der Waals surface area contributed by atoms with Gasteiger partial charge in [-0.25, -0.2) is 0 Å². The Labute approximate surface area is 185 Å². The van der Waals surface area contributed by atoms with Gasteiger partial charge in [0.15, 0.2) is 5.82 Å². The topological polar surface area (TPSA) is 55.2 Å². The summed E-state index contributed by atoms with van der Waals surface area (Å²) in [5, 5.41) is 14.6. The highest BCUT2D eigenvalue weighted by Gasteiger charge is 2.19. The summed E-state index contributed by atoms with van der Waals surface area (Å²) in [7, 11) is 2.05. The van der Waals surface area contributed by atoms with Crippen LogP contribution in [0.5, 0.6) is 5.75 Å². The number of benzene rings is 1. The van der Waals surface area contributed by atoms with Crippen LogP contribution in [-0.4, -0.2) is 46.4 Å². The van der Waals surface area contributed by atoms with E-state index in [2.05, 4.69) is 77.7 Å². The molecule has 3 aromatic rings. The van der Waals surface area contributed by atoms with Crippen LogP contribution < -0.4 is 10.1 Å². The Kier molecular flexibility index (Phi) is 7.00. The maximum atomic E-state index is 5.60. The molecule has 1 N–H and O–H groups in total. The molecule has 2 heterocycles. The molecule has 164 valence electrons. The first-order valence-electron chi connectivity index (χ1n) is 10.8. The molecule has 0 unspecified atom stereocenters. The molecule has 31 heavy (non-hydrogen) atoms. The van der Waals surface area contributed by atoms with Crippen LogP contribution in [0.25, 0.3) is 16.5 Å². The average Bonchev–Trinajstić information content (AvgIpc) is 3.04. The Morgan fingerprint density at radius 3 is 2.39 bits per heavy atom. The summed E-state index contributed by atoms with van der Waals surface area (Å²) in [6.07, 6.45) is 3.98. The molecule has 0 saturated heterocycles. The van der Waals surface area contributed by atoms with E-state index in [4.69, 9.17) is 4.74 Å². The molecule has 1 aromatic carbocycles. The fourth-order valence-corrected chi connectivity index (χ4v) is 3.89. The average molecular weight is 420 g/mol. The molecule has 0 fully saturated rings. The van der Waals surface area contributed by atoms with Crippen LogP contribution in [0.1, 0.15) is 30.9 Å². The lowest BCUT2D eigenvalue weighted by molar-refractivity contribution is 0.340. The van der Waals surface area contributed by atoms with Crippen molar-refractivity contribution in [2.45, 2.75) is 34.6 Å². The second kappa shape index (κ2) is 9.69. The van der Waals surface area contributed by atoms with Gasteiger partial charge in [0.2, 0.25) is 0 Å². The molecule has 0 spiro atoms. The van der Waals surface area contributed by atoms with Gasteiger partial charge in [0.05, 0.1) is 12.3 Å². The van der Waals surface area contributed by atoms with Crippen LogP contribution in [0.4, 0.5) is 5.82 Å². The van der Waals surface area contributed by atoms with Crippen molar-refractivity contribution in [3.8, 4) is 11.4 Å². The van der Waals surface area contributed by atoms with Crippen LogP contribution in [0.3, 0.4) is 0 Å². The number of aryl methyl sites for hydroxylation is 3. The van der Waals surface area contributed by atoms with Crippen molar-refractivity contribution in [2.24, 2.45) is 0 Å². The van der Waals surface area contributed by atoms with E-state index in [1.54, 1.807) is 0 Å². The van der Waals surface area contributed by atoms with Crippen molar-refractivity contribution in [1.29, 1.82) is 0 Å². The van der Waals surface area contributed by atoms with Gasteiger partial charge in [-0.15, -0.1) is 5.10 Å². The minimum atomic E-state index is 0.632. The van der Waals surface area contributed by atoms with Gasteiger partial charge in [0, 0.05) is 54.2 Å². The Morgan fingerprint density at radius 2 is 1.77 bits per heavy atom. The van der Waals surface area contributed by atoms with Gasteiger partial charge in [-0.1, -0.05) is 12.7 Å². The first-order chi connectivity index (χ1) is 14.9. The predicted molar refractivity (Wildman–Crippen MR) is 129 cm³/mol. The summed E-state index contributed by atoms with van der Waals surface area (Å²) < 4.78 is 7.86. The summed E-state index contributed by atoms with van der Waals surface area (Å²) in [4.78, 5) is 2.13. The lowest BCUT2D eigenvalue weighted by Gasteiger charge is -2.14. The van der Waals surface area contributed by atoms with Crippen LogP contribution in [0.15, 0.2) is 48.7 Å². The van der Waals surface area contributed by atoms with Gasteiger partial charge >= 0.3 is 0 Å². The summed E-state index contributed by atoms with van der Waals surface area (Å²) in [5.74, 6) is 1.67. The molecule has 0 radical (unpaired) electrons. The molecule has 0 saturated carbocycles. The number of hydrogen-bond donors (Lipinski definition) is 1. The van der Waals surface area contributed by atoms with Gasteiger partial charge in [0.25, 0.3) is 0 Å². The molecule has 0 bridgehead atoms. The van der Waals surface area contributed by atoms with Crippen molar-refractivity contribution < 1.29 is 4.74 Å². The van der Waals surface area contributed by atoms with Crippen molar-refractivity contribution in [1.82, 2.24) is 19.7 Å². The lowest BCUT2D eigenvalue weighted by atomic mass is 10.1. The van der Waals surface area contributed by atoms with E-state index in [0.717, 1.165) is 57.2 Å². The highest BCUT2D eigenvalue weighted by molar-refractivity contribution is 5.98. The lowest BCUT2D eigenvalue weighted by Crippen LogP contribution is -2.13. The maximum absolute atomic E-state index is 5.60. The third-order valence-electron chi connectivity index (χ3n) is 5.56. The zero-order valence-corrected chi connectivity index (χ0v) is 19.5. The van der Waals surface area contributed by atoms with E-state index in [9.17, 15) is 0 Å². The minimum absolute atomic E-state index is 0.632. The molecule has 0 aliphatic heterocycles. The third-order valence-corrected chi connectivity index (χ3v) is 5.56. The van der Waals surface area contributed by atoms with Crippen molar-refractivity contribution in [2.75, 3.05) is 32.1 Å². The summed E-state index contributed by atoms with van der Waals surface area (Å²) >= 11 is 0. The summed E-state index contributed by atoms with van der Waals surface area (Å²) in [5.41, 5.74) is 5.40. The van der Waals surface area contributed by atoms with Crippen LogP contribution in [-0.2, 0) is 0 Å². The van der Waals surface area contributed by atoms with Crippen molar-refractivity contribution >= 4 is 16.6 Å². The fourth-order valence-electron chi connectivity index (χ4n) is 3.89. The maximum Gasteiger partial charge on any atom is 0.158 e. The smallest absolute Gasteiger partial charge is 0.158 e. The van der Waals surface area contributed by atoms with E-state index in [1.807, 2.05) is 32.1 Å². The van der Waals surface area contributed by atoms with E-state index in [-0.39, 0.29) is 0 Å². The normalized spacial score (nSPS) is 11.6. The van der Waals surface area contributed by atoms with Gasteiger partial charge < -0.3 is 19.5 Å². The van der Waals surface area contributed by atoms with E-state index >= 15 is 0 Å². The monoisotopic (exact) mass is 419 g/mol. The van der Waals surface area contributed by atoms with Crippen LogP contribution in [0, 0.1) is 20.8 Å². The Hall–Kier alpha value is -3.28. The molecular formula is C25H33N5O. The minimum Gasteiger partial charge on any atom is -0.494 e. The standard InChI is InChI=1S/C25H33N5O/c1-8-20(16-29(7)9-2)15-26-25-24-19(6)30(18(5)23(24)17(4)27-28-25)21-11-13-22(14-12-21)31-10-3/h8,11-14,16H,1,9-10,15H2,2-7H3,(H,26,28)/b20-16+. The molecule has 0 aliphatic rings. The summed E-state index contributed by atoms with van der Waals surface area (Å²) in [6, 6.07) is 8.20. The second-order valence-electron chi connectivity index (χ2n) is 7.65. The first kappa shape index (κ1) is 22.4. The first-order valence-corrected chi connectivity index (χ1v) is 10.8. The number of nitrogens with one attached hydrogen (secondary N) is 1. The quantitative estimate of drug-likeness (QED) is 0.485. The van der Waals surface area contributed by atoms with Gasteiger partial charge in [-0.05, 0) is 64.5 Å². The molecule has 2 aromatic heterocycles. The number of ether oxygens (including phenoxy) is 1. The van der Waals surface area contributed by atoms with E-state index in [1.165, 1.54) is 0 Å². The number of hydrogen-bond acceptors (Lipinski definition) is 5. The van der Waals surface area contributed by atoms with Gasteiger partial charge in [0.1, 0.15) is 5.75 Å². The number of rotatable bonds is 9.